The number of fused-ring (bicyclic) bond motifs is 7. The first kappa shape index (κ1) is 36.2. The van der Waals surface area contributed by atoms with Crippen LogP contribution in [0.25, 0.3) is 65.7 Å². The maximum atomic E-state index is 7.13. The maximum Gasteiger partial charge on any atom is 0.138 e. The second-order valence-corrected chi connectivity index (χ2v) is 15.9. The van der Waals surface area contributed by atoms with Gasteiger partial charge in [-0.3, -0.25) is 0 Å². The van der Waals surface area contributed by atoms with Crippen LogP contribution in [0.3, 0.4) is 0 Å². The lowest BCUT2D eigenvalue weighted by molar-refractivity contribution is 0.669. The fraction of sp³-hybridized carbons (Fsp3) is 0.0345. The van der Waals surface area contributed by atoms with Gasteiger partial charge in [0.1, 0.15) is 11.2 Å². The van der Waals surface area contributed by atoms with E-state index in [1.807, 2.05) is 0 Å². The van der Waals surface area contributed by atoms with Gasteiger partial charge in [-0.2, -0.15) is 0 Å². The summed E-state index contributed by atoms with van der Waals surface area (Å²) < 4.78 is 7.13. The van der Waals surface area contributed by atoms with Crippen LogP contribution in [0.5, 0.6) is 0 Å². The van der Waals surface area contributed by atoms with E-state index in [-0.39, 0.29) is 0 Å². The van der Waals surface area contributed by atoms with Crippen molar-refractivity contribution < 1.29 is 4.42 Å². The van der Waals surface area contributed by atoms with Crippen LogP contribution in [-0.2, 0) is 0 Å². The van der Waals surface area contributed by atoms with Crippen molar-refractivity contribution in [2.75, 3.05) is 9.80 Å². The van der Waals surface area contributed by atoms with Gasteiger partial charge in [-0.1, -0.05) is 169 Å². The molecule has 11 rings (SSSR count). The Morgan fingerprint density at radius 1 is 0.295 bits per heavy atom. The highest BCUT2D eigenvalue weighted by Crippen LogP contribution is 2.49. The van der Waals surface area contributed by atoms with Gasteiger partial charge in [0.05, 0.1) is 11.4 Å². The Kier molecular flexibility index (Phi) is 8.94. The van der Waals surface area contributed by atoms with Gasteiger partial charge in [-0.25, -0.2) is 0 Å². The smallest absolute Gasteiger partial charge is 0.138 e. The second-order valence-electron chi connectivity index (χ2n) is 15.9. The lowest BCUT2D eigenvalue weighted by atomic mass is 9.96. The molecule has 3 heteroatoms. The molecule has 0 aliphatic rings. The number of hydrogen-bond acceptors (Lipinski definition) is 3. The SMILES string of the molecule is Cc1ccc(N(c2ccc(-c3ccccc3)cc2)c2cc3oc4cc(N(c5ccc(C)cc5)c5ccc(-c6ccccc6)cc5)c5ccccc5c4c3c3ccccc23)cc1. The topological polar surface area (TPSA) is 19.6 Å². The molecule has 10 aromatic carbocycles. The van der Waals surface area contributed by atoms with E-state index in [1.165, 1.54) is 33.4 Å². The monoisotopic (exact) mass is 782 g/mol. The van der Waals surface area contributed by atoms with Crippen LogP contribution in [0.15, 0.2) is 223 Å². The molecule has 290 valence electrons. The first-order valence-corrected chi connectivity index (χ1v) is 20.9. The van der Waals surface area contributed by atoms with E-state index in [2.05, 4.69) is 242 Å². The minimum atomic E-state index is 0.845. The predicted octanol–water partition coefficient (Wildman–Crippen LogP) is 16.8. The first-order chi connectivity index (χ1) is 30.1. The molecule has 0 bridgehead atoms. The molecular weight excluding hydrogens is 741 g/mol. The van der Waals surface area contributed by atoms with Crippen molar-refractivity contribution in [3.8, 4) is 22.3 Å². The van der Waals surface area contributed by atoms with Crippen molar-refractivity contribution in [2.45, 2.75) is 13.8 Å². The summed E-state index contributed by atoms with van der Waals surface area (Å²) in [6.07, 6.45) is 0. The molecule has 0 unspecified atom stereocenters. The zero-order valence-electron chi connectivity index (χ0n) is 34.1. The van der Waals surface area contributed by atoms with E-state index >= 15 is 0 Å². The zero-order valence-corrected chi connectivity index (χ0v) is 34.1. The van der Waals surface area contributed by atoms with E-state index in [9.17, 15) is 0 Å². The van der Waals surface area contributed by atoms with Crippen LogP contribution >= 0.6 is 0 Å². The van der Waals surface area contributed by atoms with E-state index in [0.29, 0.717) is 0 Å². The summed E-state index contributed by atoms with van der Waals surface area (Å²) in [5.41, 5.74) is 15.3. The molecule has 0 radical (unpaired) electrons. The molecule has 11 aromatic rings. The number of nitrogens with zero attached hydrogens (tertiary/aromatic N) is 2. The summed E-state index contributed by atoms with van der Waals surface area (Å²) in [5.74, 6) is 0. The van der Waals surface area contributed by atoms with Crippen molar-refractivity contribution in [2.24, 2.45) is 0 Å². The van der Waals surface area contributed by atoms with Crippen molar-refractivity contribution in [3.05, 3.63) is 230 Å². The Balaban J connectivity index is 1.13. The summed E-state index contributed by atoms with van der Waals surface area (Å²) in [5, 5.41) is 6.84. The fourth-order valence-corrected chi connectivity index (χ4v) is 8.94. The van der Waals surface area contributed by atoms with E-state index in [4.69, 9.17) is 4.42 Å². The molecule has 0 amide bonds. The molecule has 0 aliphatic heterocycles. The molecule has 0 atom stereocenters. The van der Waals surface area contributed by atoms with Gasteiger partial charge in [0.2, 0.25) is 0 Å². The van der Waals surface area contributed by atoms with Crippen LogP contribution in [0.1, 0.15) is 11.1 Å². The minimum Gasteiger partial charge on any atom is -0.456 e. The maximum absolute atomic E-state index is 7.13. The van der Waals surface area contributed by atoms with Gasteiger partial charge in [-0.15, -0.1) is 0 Å². The molecule has 0 fully saturated rings. The molecule has 1 aromatic heterocycles. The van der Waals surface area contributed by atoms with Gasteiger partial charge in [0.15, 0.2) is 0 Å². The molecule has 0 saturated heterocycles. The summed E-state index contributed by atoms with van der Waals surface area (Å²) in [6, 6.07) is 78.5. The molecule has 0 aliphatic carbocycles. The van der Waals surface area contributed by atoms with Gasteiger partial charge >= 0.3 is 0 Å². The Morgan fingerprint density at radius 3 is 0.951 bits per heavy atom. The van der Waals surface area contributed by atoms with E-state index < -0.39 is 0 Å². The molecule has 0 spiro atoms. The van der Waals surface area contributed by atoms with Crippen molar-refractivity contribution in [3.63, 3.8) is 0 Å². The van der Waals surface area contributed by atoms with Gasteiger partial charge in [0, 0.05) is 56.4 Å². The lowest BCUT2D eigenvalue weighted by Crippen LogP contribution is -2.10. The minimum absolute atomic E-state index is 0.845. The normalized spacial score (nSPS) is 11.4. The molecule has 1 heterocycles. The van der Waals surface area contributed by atoms with Crippen LogP contribution in [0.2, 0.25) is 0 Å². The first-order valence-electron chi connectivity index (χ1n) is 20.9. The third-order valence-corrected chi connectivity index (χ3v) is 12.0. The van der Waals surface area contributed by atoms with Crippen LogP contribution in [0, 0.1) is 13.8 Å². The van der Waals surface area contributed by atoms with Gasteiger partial charge in [-0.05, 0) is 95.4 Å². The molecular formula is C58H42N2O. The van der Waals surface area contributed by atoms with Crippen molar-refractivity contribution >= 4 is 77.6 Å². The Labute approximate surface area is 356 Å². The van der Waals surface area contributed by atoms with Crippen LogP contribution in [-0.4, -0.2) is 0 Å². The van der Waals surface area contributed by atoms with Gasteiger partial charge < -0.3 is 14.2 Å². The Hall–Kier alpha value is -7.88. The van der Waals surface area contributed by atoms with E-state index in [0.717, 1.165) is 77.6 Å². The molecule has 61 heavy (non-hydrogen) atoms. The fourth-order valence-electron chi connectivity index (χ4n) is 8.94. The quantitative estimate of drug-likeness (QED) is 0.153. The standard InChI is InChI=1S/C58H42N2O/c1-39-21-29-45(30-22-39)59(47-33-25-43(26-34-47)41-13-5-3-6-14-41)53-37-55-57(51-19-11-9-17-49(51)53)58-52-20-12-10-18-50(52)54(38-56(58)61-55)60(46-31-23-40(2)24-32-46)48-35-27-44(28-36-48)42-15-7-4-8-16-42/h3-38H,1-2H3. The second kappa shape index (κ2) is 15.1. The Morgan fingerprint density at radius 2 is 0.590 bits per heavy atom. The summed E-state index contributed by atoms with van der Waals surface area (Å²) >= 11 is 0. The van der Waals surface area contributed by atoms with Crippen LogP contribution in [0.4, 0.5) is 34.1 Å². The number of anilines is 6. The number of furan rings is 1. The molecule has 0 N–H and O–H groups in total. The van der Waals surface area contributed by atoms with Crippen LogP contribution < -0.4 is 9.80 Å². The lowest BCUT2D eigenvalue weighted by Gasteiger charge is -2.27. The average molecular weight is 783 g/mol. The number of hydrogen-bond donors (Lipinski definition) is 0. The highest BCUT2D eigenvalue weighted by atomic mass is 16.3. The number of benzene rings is 10. The summed E-state index contributed by atoms with van der Waals surface area (Å²) in [7, 11) is 0. The van der Waals surface area contributed by atoms with E-state index in [1.54, 1.807) is 0 Å². The van der Waals surface area contributed by atoms with Gasteiger partial charge in [0.25, 0.3) is 0 Å². The Bertz CT molecular complexity index is 3110. The third-order valence-electron chi connectivity index (χ3n) is 12.0. The average Bonchev–Trinajstić information content (AvgIpc) is 3.70. The molecule has 3 nitrogen and oxygen atoms in total. The summed E-state index contributed by atoms with van der Waals surface area (Å²) in [6.45, 7) is 4.27. The zero-order chi connectivity index (χ0) is 40.9. The highest BCUT2D eigenvalue weighted by Gasteiger charge is 2.24. The molecule has 0 saturated carbocycles. The largest absolute Gasteiger partial charge is 0.456 e. The third kappa shape index (κ3) is 6.48. The summed E-state index contributed by atoms with van der Waals surface area (Å²) in [4.78, 5) is 4.73. The number of aryl methyl sites for hydroxylation is 2. The highest BCUT2D eigenvalue weighted by molar-refractivity contribution is 6.30. The van der Waals surface area contributed by atoms with Crippen molar-refractivity contribution in [1.29, 1.82) is 0 Å². The number of rotatable bonds is 8. The van der Waals surface area contributed by atoms with Crippen molar-refractivity contribution in [1.82, 2.24) is 0 Å². The predicted molar refractivity (Wildman–Crippen MR) is 258 cm³/mol.